The Labute approximate surface area is 153 Å². The third-order valence-electron chi connectivity index (χ3n) is 4.65. The van der Waals surface area contributed by atoms with E-state index in [4.69, 9.17) is 23.1 Å². The van der Waals surface area contributed by atoms with Gasteiger partial charge in [-0.2, -0.15) is 0 Å². The molecule has 0 atom stereocenters. The molecule has 1 aromatic carbocycles. The first-order valence-electron chi connectivity index (χ1n) is 7.87. The Morgan fingerprint density at radius 1 is 1.31 bits per heavy atom. The van der Waals surface area contributed by atoms with Crippen LogP contribution in [0, 0.1) is 13.8 Å². The van der Waals surface area contributed by atoms with Gasteiger partial charge in [-0.3, -0.25) is 9.36 Å². The number of primary amides is 1. The van der Waals surface area contributed by atoms with Crippen molar-refractivity contribution in [3.63, 3.8) is 0 Å². The van der Waals surface area contributed by atoms with Crippen LogP contribution in [-0.4, -0.2) is 25.0 Å². The van der Waals surface area contributed by atoms with E-state index in [0.717, 1.165) is 5.69 Å². The number of fused-ring (bicyclic) bond motifs is 3. The van der Waals surface area contributed by atoms with Crippen molar-refractivity contribution in [2.24, 2.45) is 5.73 Å². The third-order valence-corrected chi connectivity index (χ3v) is 4.96. The molecule has 0 fully saturated rings. The van der Waals surface area contributed by atoms with E-state index in [1.54, 1.807) is 23.8 Å². The Morgan fingerprint density at radius 3 is 2.73 bits per heavy atom. The van der Waals surface area contributed by atoms with Crippen LogP contribution in [0.1, 0.15) is 21.6 Å². The number of nitrogen functional groups attached to an aromatic ring is 1. The molecule has 0 aliphatic carbocycles. The minimum Gasteiger partial charge on any atom is -0.508 e. The van der Waals surface area contributed by atoms with E-state index < -0.39 is 5.91 Å². The molecule has 4 rings (SSSR count). The van der Waals surface area contributed by atoms with Crippen LogP contribution < -0.4 is 11.5 Å². The maximum atomic E-state index is 12.1. The summed E-state index contributed by atoms with van der Waals surface area (Å²) in [4.78, 5) is 16.5. The van der Waals surface area contributed by atoms with Crippen LogP contribution in [0.15, 0.2) is 30.6 Å². The number of rotatable bonds is 2. The first-order chi connectivity index (χ1) is 12.3. The fourth-order valence-corrected chi connectivity index (χ4v) is 3.72. The molecule has 3 aromatic heterocycles. The van der Waals surface area contributed by atoms with Gasteiger partial charge >= 0.3 is 0 Å². The predicted molar refractivity (Wildman–Crippen MR) is 101 cm³/mol. The summed E-state index contributed by atoms with van der Waals surface area (Å²) in [7, 11) is 0. The van der Waals surface area contributed by atoms with E-state index in [-0.39, 0.29) is 17.1 Å². The van der Waals surface area contributed by atoms with Gasteiger partial charge in [-0.25, -0.2) is 4.98 Å². The maximum Gasteiger partial charge on any atom is 0.253 e. The minimum absolute atomic E-state index is 0.0674. The highest BCUT2D eigenvalue weighted by molar-refractivity contribution is 6.33. The Morgan fingerprint density at radius 2 is 2.04 bits per heavy atom. The lowest BCUT2D eigenvalue weighted by molar-refractivity contribution is 0.100. The van der Waals surface area contributed by atoms with Crippen LogP contribution in [0.25, 0.3) is 22.2 Å². The Kier molecular flexibility index (Phi) is 3.38. The number of aromatic hydroxyl groups is 1. The highest BCUT2D eigenvalue weighted by atomic mass is 35.5. The molecule has 0 aliphatic rings. The van der Waals surface area contributed by atoms with E-state index in [9.17, 15) is 9.90 Å². The van der Waals surface area contributed by atoms with Crippen molar-refractivity contribution < 1.29 is 9.90 Å². The summed E-state index contributed by atoms with van der Waals surface area (Å²) in [6.45, 7) is 3.63. The molecule has 4 aromatic rings. The van der Waals surface area contributed by atoms with E-state index in [1.165, 1.54) is 6.07 Å². The quantitative estimate of drug-likeness (QED) is 0.504. The zero-order valence-corrected chi connectivity index (χ0v) is 14.9. The first-order valence-corrected chi connectivity index (χ1v) is 8.25. The molecule has 5 N–H and O–H groups in total. The number of aryl methyl sites for hydroxylation is 1. The summed E-state index contributed by atoms with van der Waals surface area (Å²) in [5.74, 6) is -0.424. The number of aromatic nitrogens is 3. The second-order valence-corrected chi connectivity index (χ2v) is 6.58. The molecule has 0 aliphatic heterocycles. The molecule has 0 bridgehead atoms. The molecular formula is C18H16ClN5O2. The largest absolute Gasteiger partial charge is 0.508 e. The number of phenols is 1. The molecule has 0 radical (unpaired) electrons. The van der Waals surface area contributed by atoms with Crippen LogP contribution in [-0.2, 0) is 0 Å². The lowest BCUT2D eigenvalue weighted by Crippen LogP contribution is -2.14. The van der Waals surface area contributed by atoms with Crippen LogP contribution in [0.2, 0.25) is 5.02 Å². The van der Waals surface area contributed by atoms with Crippen molar-refractivity contribution in [2.45, 2.75) is 13.8 Å². The van der Waals surface area contributed by atoms with Crippen molar-refractivity contribution in [1.29, 1.82) is 0 Å². The fraction of sp³-hybridized carbons (Fsp3) is 0.111. The van der Waals surface area contributed by atoms with Gasteiger partial charge in [0.05, 0.1) is 21.8 Å². The van der Waals surface area contributed by atoms with Crippen molar-refractivity contribution in [1.82, 2.24) is 14.0 Å². The van der Waals surface area contributed by atoms with Crippen LogP contribution >= 0.6 is 11.6 Å². The molecule has 0 saturated heterocycles. The van der Waals surface area contributed by atoms with Gasteiger partial charge in [-0.1, -0.05) is 11.6 Å². The van der Waals surface area contributed by atoms with Gasteiger partial charge in [0, 0.05) is 29.0 Å². The summed E-state index contributed by atoms with van der Waals surface area (Å²) < 4.78 is 3.52. The maximum absolute atomic E-state index is 12.1. The summed E-state index contributed by atoms with van der Waals surface area (Å²) in [5.41, 5.74) is 15.2. The van der Waals surface area contributed by atoms with Crippen molar-refractivity contribution in [2.75, 3.05) is 5.73 Å². The highest BCUT2D eigenvalue weighted by Gasteiger charge is 2.25. The standard InChI is InChI=1S/C18H16ClN5O2/c1-8-7-10-13(17(21)26)16(20)24(15(10)18-22-5-6-23(8)18)14-9(2)12(25)4-3-11(14)19/h3-7,25H,20H2,1-2H3,(H2,21,26). The van der Waals surface area contributed by atoms with Gasteiger partial charge in [0.15, 0.2) is 5.65 Å². The normalized spacial score (nSPS) is 11.5. The van der Waals surface area contributed by atoms with E-state index in [0.29, 0.717) is 32.8 Å². The van der Waals surface area contributed by atoms with Gasteiger partial charge in [-0.15, -0.1) is 0 Å². The summed E-state index contributed by atoms with van der Waals surface area (Å²) in [6.07, 6.45) is 3.48. The van der Waals surface area contributed by atoms with Crippen molar-refractivity contribution in [3.8, 4) is 11.4 Å². The number of carbonyl (C=O) groups is 1. The lowest BCUT2D eigenvalue weighted by Gasteiger charge is -2.15. The van der Waals surface area contributed by atoms with Gasteiger partial charge in [0.1, 0.15) is 11.6 Å². The number of hydrogen-bond donors (Lipinski definition) is 3. The van der Waals surface area contributed by atoms with E-state index >= 15 is 0 Å². The lowest BCUT2D eigenvalue weighted by atomic mass is 10.1. The Hall–Kier alpha value is -3.19. The molecule has 0 unspecified atom stereocenters. The van der Waals surface area contributed by atoms with Gasteiger partial charge < -0.3 is 21.0 Å². The number of phenolic OH excluding ortho intramolecular Hbond substituents is 1. The number of carbonyl (C=O) groups excluding carboxylic acids is 1. The van der Waals surface area contributed by atoms with E-state index in [1.807, 2.05) is 23.6 Å². The smallest absolute Gasteiger partial charge is 0.253 e. The molecule has 132 valence electrons. The topological polar surface area (TPSA) is 112 Å². The van der Waals surface area contributed by atoms with Crippen LogP contribution in [0.4, 0.5) is 5.82 Å². The van der Waals surface area contributed by atoms with Gasteiger partial charge in [0.25, 0.3) is 5.91 Å². The third kappa shape index (κ3) is 2.01. The number of amides is 1. The molecule has 0 saturated carbocycles. The van der Waals surface area contributed by atoms with Gasteiger partial charge in [0.2, 0.25) is 0 Å². The average Bonchev–Trinajstić information content (AvgIpc) is 3.15. The summed E-state index contributed by atoms with van der Waals surface area (Å²) in [5, 5.41) is 11.1. The van der Waals surface area contributed by atoms with E-state index in [2.05, 4.69) is 4.98 Å². The minimum atomic E-state index is -0.643. The van der Waals surface area contributed by atoms with Crippen molar-refractivity contribution in [3.05, 3.63) is 52.4 Å². The average molecular weight is 370 g/mol. The molecule has 0 spiro atoms. The Balaban J connectivity index is 2.31. The molecule has 8 heteroatoms. The van der Waals surface area contributed by atoms with Gasteiger partial charge in [-0.05, 0) is 32.0 Å². The molecular weight excluding hydrogens is 354 g/mol. The zero-order valence-electron chi connectivity index (χ0n) is 14.1. The number of pyridine rings is 1. The fourth-order valence-electron chi connectivity index (χ4n) is 3.43. The highest BCUT2D eigenvalue weighted by Crippen LogP contribution is 2.39. The van der Waals surface area contributed by atoms with Crippen LogP contribution in [0.5, 0.6) is 5.75 Å². The number of nitrogens with two attached hydrogens (primary N) is 2. The number of imidazole rings is 1. The molecule has 7 nitrogen and oxygen atoms in total. The second-order valence-electron chi connectivity index (χ2n) is 6.17. The summed E-state index contributed by atoms with van der Waals surface area (Å²) >= 11 is 6.42. The predicted octanol–water partition coefficient (Wildman–Crippen LogP) is 2.94. The van der Waals surface area contributed by atoms with Crippen molar-refractivity contribution >= 4 is 39.9 Å². The zero-order chi connectivity index (χ0) is 18.7. The number of anilines is 1. The Bertz CT molecular complexity index is 1220. The number of nitrogens with zero attached hydrogens (tertiary/aromatic N) is 3. The second kappa shape index (κ2) is 5.40. The molecule has 26 heavy (non-hydrogen) atoms. The number of hydrogen-bond acceptors (Lipinski definition) is 4. The number of halogens is 1. The molecule has 1 amide bonds. The monoisotopic (exact) mass is 369 g/mol. The number of benzene rings is 1. The molecule has 3 heterocycles. The first kappa shape index (κ1) is 16.3. The SMILES string of the molecule is Cc1c(O)ccc(Cl)c1-n1c(N)c(C(N)=O)c2cc(C)n3ccnc3c21. The van der Waals surface area contributed by atoms with Crippen LogP contribution in [0.3, 0.4) is 0 Å². The summed E-state index contributed by atoms with van der Waals surface area (Å²) in [6, 6.07) is 4.92.